The van der Waals surface area contributed by atoms with Crippen molar-refractivity contribution in [3.8, 4) is 0 Å². The van der Waals surface area contributed by atoms with Crippen molar-refractivity contribution in [1.82, 2.24) is 10.2 Å². The summed E-state index contributed by atoms with van der Waals surface area (Å²) in [5.74, 6) is 0.646. The van der Waals surface area contributed by atoms with Crippen molar-refractivity contribution in [2.45, 2.75) is 68.2 Å². The minimum Gasteiger partial charge on any atom is -0.515 e. The molecule has 4 nitrogen and oxygen atoms in total. The smallest absolute Gasteiger partial charge is 0.136 e. The fourth-order valence-corrected chi connectivity index (χ4v) is 4.58. The number of nitrogens with two attached hydrogens (primary N) is 1. The van der Waals surface area contributed by atoms with E-state index in [2.05, 4.69) is 95.5 Å². The van der Waals surface area contributed by atoms with Crippen molar-refractivity contribution >= 4 is 0 Å². The zero-order valence-corrected chi connectivity index (χ0v) is 24.3. The average molecular weight is 485 g/mol. The minimum atomic E-state index is -0.136. The van der Waals surface area contributed by atoms with Gasteiger partial charge in [0.05, 0.1) is 12.8 Å². The van der Waals surface area contributed by atoms with Crippen LogP contribution in [-0.2, 0) is 0 Å². The van der Waals surface area contributed by atoms with Gasteiger partial charge in [-0.05, 0) is 42.9 Å². The monoisotopic (exact) mass is 484 g/mol. The molecule has 0 amide bonds. The lowest BCUT2D eigenvalue weighted by Crippen LogP contribution is -2.82. The molecule has 0 aromatic heterocycles. The number of aliphatic hydroxyl groups excluding tert-OH is 1. The summed E-state index contributed by atoms with van der Waals surface area (Å²) in [7, 11) is 4.06. The van der Waals surface area contributed by atoms with Crippen LogP contribution < -0.4 is 10.6 Å². The number of quaternary nitrogens is 1. The third-order valence-electron chi connectivity index (χ3n) is 6.52. The van der Waals surface area contributed by atoms with Gasteiger partial charge < -0.3 is 20.6 Å². The van der Waals surface area contributed by atoms with Crippen LogP contribution in [0.1, 0.15) is 68.2 Å². The van der Waals surface area contributed by atoms with E-state index in [9.17, 15) is 5.11 Å². The Kier molecular flexibility index (Phi) is 14.6. The molecule has 0 radical (unpaired) electrons. The SMILES string of the molecule is C=CC1=C(C=C)C(C)(C)/C(=C\CC(C)(C)C(/C=C/CNC)=C(/C=C\O)[NH2+]CCC(C)C)N1C.CC. The molecule has 4 heteroatoms. The first-order chi connectivity index (χ1) is 16.5. The van der Waals surface area contributed by atoms with Crippen LogP contribution in [0.15, 0.2) is 84.1 Å². The van der Waals surface area contributed by atoms with Crippen molar-refractivity contribution in [2.24, 2.45) is 16.7 Å². The van der Waals surface area contributed by atoms with Gasteiger partial charge in [-0.1, -0.05) is 92.9 Å². The number of allylic oxidation sites excluding steroid dienone is 7. The molecule has 0 unspecified atom stereocenters. The summed E-state index contributed by atoms with van der Waals surface area (Å²) in [4.78, 5) is 2.24. The first-order valence-electron chi connectivity index (χ1n) is 13.1. The van der Waals surface area contributed by atoms with E-state index in [1.165, 1.54) is 16.8 Å². The standard InChI is InChI=1S/C29H47N3O.C2H6/c1-11-23-26(12-2)32(10)27(29(23,7)8)15-18-28(5,6)24(14-13-19-30-9)25(17-21-33)31-20-16-22(3)4;1-2/h11-15,17,21-22,30-31,33H,1-2,16,18-20H2,3-10H3;1-2H3/p+1/b14-13+,21-17-,25-24-,27-15+;. The topological polar surface area (TPSA) is 52.1 Å². The van der Waals surface area contributed by atoms with E-state index in [4.69, 9.17) is 0 Å². The second-order valence-electron chi connectivity index (χ2n) is 10.4. The highest BCUT2D eigenvalue weighted by atomic mass is 16.2. The highest BCUT2D eigenvalue weighted by Gasteiger charge is 2.38. The van der Waals surface area contributed by atoms with Crippen molar-refractivity contribution in [3.63, 3.8) is 0 Å². The van der Waals surface area contributed by atoms with Crippen LogP contribution in [0.4, 0.5) is 0 Å². The number of likely N-dealkylation sites (N-methyl/N-ethyl adjacent to an activating group) is 2. The van der Waals surface area contributed by atoms with Crippen molar-refractivity contribution in [3.05, 3.63) is 84.1 Å². The molecule has 1 aliphatic heterocycles. The molecule has 0 aromatic rings. The molecule has 0 saturated heterocycles. The molecule has 4 N–H and O–H groups in total. The Labute approximate surface area is 217 Å². The van der Waals surface area contributed by atoms with Gasteiger partial charge in [-0.15, -0.1) is 0 Å². The molecule has 1 rings (SSSR count). The van der Waals surface area contributed by atoms with Gasteiger partial charge in [0.1, 0.15) is 5.70 Å². The zero-order valence-electron chi connectivity index (χ0n) is 24.3. The first kappa shape index (κ1) is 32.7. The normalized spacial score (nSPS) is 17.9. The van der Waals surface area contributed by atoms with Gasteiger partial charge in [-0.3, -0.25) is 0 Å². The van der Waals surface area contributed by atoms with Gasteiger partial charge in [-0.25, -0.2) is 0 Å². The van der Waals surface area contributed by atoms with E-state index in [1.54, 1.807) is 0 Å². The van der Waals surface area contributed by atoms with Crippen LogP contribution in [0.25, 0.3) is 0 Å². The molecule has 1 aliphatic rings. The molecule has 0 bridgehead atoms. The second kappa shape index (κ2) is 15.6. The summed E-state index contributed by atoms with van der Waals surface area (Å²) < 4.78 is 0. The molecule has 1 heterocycles. The summed E-state index contributed by atoms with van der Waals surface area (Å²) in [6.07, 6.45) is 15.6. The Hall–Kier alpha value is -2.30. The lowest BCUT2D eigenvalue weighted by Gasteiger charge is -2.30. The molecular formula is C31H54N3O+. The van der Waals surface area contributed by atoms with Gasteiger partial charge in [0.2, 0.25) is 0 Å². The molecular weight excluding hydrogens is 430 g/mol. The molecule has 0 saturated carbocycles. The minimum absolute atomic E-state index is 0.126. The van der Waals surface area contributed by atoms with Crippen LogP contribution in [-0.4, -0.2) is 37.2 Å². The largest absolute Gasteiger partial charge is 0.515 e. The Morgan fingerprint density at radius 1 is 1.17 bits per heavy atom. The van der Waals surface area contributed by atoms with Gasteiger partial charge in [-0.2, -0.15) is 0 Å². The molecule has 0 aliphatic carbocycles. The van der Waals surface area contributed by atoms with Crippen LogP contribution in [0.2, 0.25) is 0 Å². The maximum absolute atomic E-state index is 9.64. The predicted molar refractivity (Wildman–Crippen MR) is 155 cm³/mol. The fraction of sp³-hybridized carbons (Fsp3) is 0.548. The van der Waals surface area contributed by atoms with E-state index < -0.39 is 0 Å². The Morgan fingerprint density at radius 2 is 1.80 bits per heavy atom. The molecule has 0 atom stereocenters. The first-order valence-corrected chi connectivity index (χ1v) is 13.1. The summed E-state index contributed by atoms with van der Waals surface area (Å²) in [6.45, 7) is 27.4. The van der Waals surface area contributed by atoms with Gasteiger partial charge in [0.25, 0.3) is 0 Å². The number of hydrogen-bond acceptors (Lipinski definition) is 3. The summed E-state index contributed by atoms with van der Waals surface area (Å²) >= 11 is 0. The van der Waals surface area contributed by atoms with Crippen LogP contribution in [0, 0.1) is 16.7 Å². The third-order valence-corrected chi connectivity index (χ3v) is 6.52. The maximum Gasteiger partial charge on any atom is 0.136 e. The highest BCUT2D eigenvalue weighted by molar-refractivity contribution is 5.48. The van der Waals surface area contributed by atoms with E-state index in [0.717, 1.165) is 43.6 Å². The summed E-state index contributed by atoms with van der Waals surface area (Å²) in [5, 5.41) is 15.1. The molecule has 35 heavy (non-hydrogen) atoms. The lowest BCUT2D eigenvalue weighted by atomic mass is 9.77. The Balaban J connectivity index is 0.00000562. The number of nitrogens with one attached hydrogen (secondary N) is 1. The molecule has 198 valence electrons. The van der Waals surface area contributed by atoms with E-state index in [1.807, 2.05) is 39.1 Å². The number of hydrogen-bond donors (Lipinski definition) is 3. The zero-order chi connectivity index (χ0) is 27.2. The number of rotatable bonds is 13. The fourth-order valence-electron chi connectivity index (χ4n) is 4.58. The number of nitrogens with zero attached hydrogens (tertiary/aromatic N) is 1. The third kappa shape index (κ3) is 9.01. The van der Waals surface area contributed by atoms with E-state index in [-0.39, 0.29) is 10.8 Å². The van der Waals surface area contributed by atoms with Gasteiger partial charge >= 0.3 is 0 Å². The van der Waals surface area contributed by atoms with E-state index >= 15 is 0 Å². The number of aliphatic hydroxyl groups is 1. The van der Waals surface area contributed by atoms with Crippen LogP contribution >= 0.6 is 0 Å². The average Bonchev–Trinajstić information content (AvgIpc) is 2.99. The van der Waals surface area contributed by atoms with Crippen molar-refractivity contribution < 1.29 is 10.4 Å². The van der Waals surface area contributed by atoms with Crippen LogP contribution in [0.3, 0.4) is 0 Å². The summed E-state index contributed by atoms with van der Waals surface area (Å²) in [5.41, 5.74) is 5.64. The van der Waals surface area contributed by atoms with E-state index in [0.29, 0.717) is 5.92 Å². The Bertz CT molecular complexity index is 835. The highest BCUT2D eigenvalue weighted by Crippen LogP contribution is 2.47. The van der Waals surface area contributed by atoms with Gasteiger partial charge in [0.15, 0.2) is 0 Å². The molecule has 0 aromatic carbocycles. The quantitative estimate of drug-likeness (QED) is 0.203. The van der Waals surface area contributed by atoms with Crippen molar-refractivity contribution in [1.29, 1.82) is 0 Å². The second-order valence-corrected chi connectivity index (χ2v) is 10.4. The van der Waals surface area contributed by atoms with Crippen molar-refractivity contribution in [2.75, 3.05) is 27.2 Å². The maximum atomic E-state index is 9.64. The summed E-state index contributed by atoms with van der Waals surface area (Å²) in [6, 6.07) is 0. The molecule has 0 spiro atoms. The predicted octanol–water partition coefficient (Wildman–Crippen LogP) is 6.62. The van der Waals surface area contributed by atoms with Gasteiger partial charge in [0, 0.05) is 42.1 Å². The lowest BCUT2D eigenvalue weighted by molar-refractivity contribution is -0.604. The van der Waals surface area contributed by atoms with Crippen LogP contribution in [0.5, 0.6) is 0 Å². The Morgan fingerprint density at radius 3 is 2.26 bits per heavy atom. The molecule has 0 fully saturated rings.